The van der Waals surface area contributed by atoms with Gasteiger partial charge in [0, 0.05) is 20.2 Å². The molecular weight excluding hydrogens is 276 g/mol. The van der Waals surface area contributed by atoms with Crippen LogP contribution in [-0.2, 0) is 10.2 Å². The Morgan fingerprint density at radius 1 is 1.44 bits per heavy atom. The molecule has 18 heavy (non-hydrogen) atoms. The minimum absolute atomic E-state index is 0.0504. The minimum atomic E-state index is -3.63. The van der Waals surface area contributed by atoms with Crippen molar-refractivity contribution in [3.8, 4) is 0 Å². The quantitative estimate of drug-likeness (QED) is 0.837. The number of hydrogen-bond acceptors (Lipinski definition) is 3. The van der Waals surface area contributed by atoms with Gasteiger partial charge in [0.05, 0.1) is 10.7 Å². The molecule has 1 aromatic carbocycles. The van der Waals surface area contributed by atoms with Crippen molar-refractivity contribution in [2.75, 3.05) is 24.9 Å². The van der Waals surface area contributed by atoms with Crippen LogP contribution >= 0.6 is 11.6 Å². The van der Waals surface area contributed by atoms with E-state index < -0.39 is 10.2 Å². The maximum atomic E-state index is 11.9. The highest BCUT2D eigenvalue weighted by Gasteiger charge is 2.18. The number of aliphatic hydroxyl groups excluding tert-OH is 1. The van der Waals surface area contributed by atoms with Gasteiger partial charge >= 0.3 is 10.2 Å². The fourth-order valence-electron chi connectivity index (χ4n) is 1.33. The summed E-state index contributed by atoms with van der Waals surface area (Å²) in [6, 6.07) is 5.08. The average Bonchev–Trinajstić information content (AvgIpc) is 2.29. The van der Waals surface area contributed by atoms with Crippen molar-refractivity contribution in [2.24, 2.45) is 0 Å². The van der Waals surface area contributed by atoms with Gasteiger partial charge in [-0.05, 0) is 31.0 Å². The third-order valence-corrected chi connectivity index (χ3v) is 4.20. The first-order chi connectivity index (χ1) is 8.36. The lowest BCUT2D eigenvalue weighted by molar-refractivity contribution is 0.276. The molecule has 0 atom stereocenters. The minimum Gasteiger partial charge on any atom is -0.396 e. The van der Waals surface area contributed by atoms with Crippen LogP contribution < -0.4 is 4.72 Å². The molecule has 0 fully saturated rings. The Hall–Kier alpha value is -0.820. The molecule has 0 amide bonds. The first-order valence-corrected chi connectivity index (χ1v) is 7.29. The highest BCUT2D eigenvalue weighted by Crippen LogP contribution is 2.24. The Kier molecular flexibility index (Phi) is 5.40. The first kappa shape index (κ1) is 15.2. The predicted molar refractivity (Wildman–Crippen MR) is 73.1 cm³/mol. The van der Waals surface area contributed by atoms with E-state index in [4.69, 9.17) is 16.7 Å². The van der Waals surface area contributed by atoms with Gasteiger partial charge in [-0.2, -0.15) is 12.7 Å². The SMILES string of the molecule is Cc1ccc(NS(=O)(=O)N(C)CCCO)c(Cl)c1. The summed E-state index contributed by atoms with van der Waals surface area (Å²) >= 11 is 5.96. The van der Waals surface area contributed by atoms with Gasteiger partial charge in [-0.15, -0.1) is 0 Å². The zero-order valence-corrected chi connectivity index (χ0v) is 11.9. The number of nitrogens with zero attached hydrogens (tertiary/aromatic N) is 1. The summed E-state index contributed by atoms with van der Waals surface area (Å²) in [5, 5.41) is 9.04. The number of halogens is 1. The van der Waals surface area contributed by atoms with E-state index in [0.29, 0.717) is 17.1 Å². The first-order valence-electron chi connectivity index (χ1n) is 5.48. The summed E-state index contributed by atoms with van der Waals surface area (Å²) in [5.41, 5.74) is 1.30. The number of benzene rings is 1. The van der Waals surface area contributed by atoms with Crippen LogP contribution in [0, 0.1) is 6.92 Å². The van der Waals surface area contributed by atoms with Gasteiger partial charge in [-0.3, -0.25) is 4.72 Å². The van der Waals surface area contributed by atoms with Crippen molar-refractivity contribution >= 4 is 27.5 Å². The molecule has 0 aliphatic rings. The number of nitrogens with one attached hydrogen (secondary N) is 1. The molecule has 0 aliphatic heterocycles. The fourth-order valence-corrected chi connectivity index (χ4v) is 2.65. The molecule has 0 bridgehead atoms. The monoisotopic (exact) mass is 292 g/mol. The second-order valence-electron chi connectivity index (χ2n) is 3.99. The second kappa shape index (κ2) is 6.38. The van der Waals surface area contributed by atoms with Crippen LogP contribution in [0.5, 0.6) is 0 Å². The van der Waals surface area contributed by atoms with E-state index in [1.165, 1.54) is 7.05 Å². The second-order valence-corrected chi connectivity index (χ2v) is 6.17. The molecule has 2 N–H and O–H groups in total. The molecule has 0 heterocycles. The molecule has 0 radical (unpaired) electrons. The lowest BCUT2D eigenvalue weighted by Crippen LogP contribution is -2.33. The molecule has 0 saturated heterocycles. The third-order valence-electron chi connectivity index (χ3n) is 2.40. The van der Waals surface area contributed by atoms with Crippen LogP contribution in [0.15, 0.2) is 18.2 Å². The maximum absolute atomic E-state index is 11.9. The van der Waals surface area contributed by atoms with E-state index in [9.17, 15) is 8.42 Å². The number of rotatable bonds is 6. The predicted octanol–water partition coefficient (Wildman–Crippen LogP) is 1.62. The molecule has 0 aliphatic carbocycles. The van der Waals surface area contributed by atoms with Gasteiger partial charge in [-0.1, -0.05) is 17.7 Å². The van der Waals surface area contributed by atoms with Crippen molar-refractivity contribution in [3.05, 3.63) is 28.8 Å². The van der Waals surface area contributed by atoms with Crippen molar-refractivity contribution in [2.45, 2.75) is 13.3 Å². The van der Waals surface area contributed by atoms with E-state index in [1.54, 1.807) is 18.2 Å². The number of anilines is 1. The summed E-state index contributed by atoms with van der Waals surface area (Å²) in [6.45, 7) is 2.07. The molecule has 1 rings (SSSR count). The van der Waals surface area contributed by atoms with Crippen molar-refractivity contribution in [1.82, 2.24) is 4.31 Å². The third kappa shape index (κ3) is 4.13. The Morgan fingerprint density at radius 3 is 2.67 bits per heavy atom. The van der Waals surface area contributed by atoms with Crippen LogP contribution in [0.2, 0.25) is 5.02 Å². The molecule has 0 spiro atoms. The summed E-state index contributed by atoms with van der Waals surface area (Å²) in [5.74, 6) is 0. The average molecular weight is 293 g/mol. The van der Waals surface area contributed by atoms with Gasteiger partial charge in [0.2, 0.25) is 0 Å². The van der Waals surface area contributed by atoms with E-state index in [2.05, 4.69) is 4.72 Å². The topological polar surface area (TPSA) is 69.6 Å². The Bertz CT molecular complexity index is 505. The van der Waals surface area contributed by atoms with Crippen molar-refractivity contribution < 1.29 is 13.5 Å². The molecular formula is C11H17ClN2O3S. The number of aliphatic hydroxyl groups is 1. The highest BCUT2D eigenvalue weighted by molar-refractivity contribution is 7.90. The standard InChI is InChI=1S/C11H17ClN2O3S/c1-9-4-5-11(10(12)8-9)13-18(16,17)14(2)6-3-7-15/h4-5,8,13,15H,3,6-7H2,1-2H3. The summed E-state index contributed by atoms with van der Waals surface area (Å²) in [6.07, 6.45) is 0.388. The number of aryl methyl sites for hydroxylation is 1. The van der Waals surface area contributed by atoms with E-state index in [1.807, 2.05) is 6.92 Å². The van der Waals surface area contributed by atoms with E-state index in [0.717, 1.165) is 9.87 Å². The molecule has 5 nitrogen and oxygen atoms in total. The lowest BCUT2D eigenvalue weighted by Gasteiger charge is -2.18. The zero-order chi connectivity index (χ0) is 13.8. The van der Waals surface area contributed by atoms with Gasteiger partial charge in [0.15, 0.2) is 0 Å². The van der Waals surface area contributed by atoms with Gasteiger partial charge in [0.25, 0.3) is 0 Å². The molecule has 0 unspecified atom stereocenters. The Morgan fingerprint density at radius 2 is 2.11 bits per heavy atom. The van der Waals surface area contributed by atoms with E-state index in [-0.39, 0.29) is 13.2 Å². The normalized spacial score (nSPS) is 11.8. The van der Waals surface area contributed by atoms with Gasteiger partial charge in [0.1, 0.15) is 0 Å². The van der Waals surface area contributed by atoms with Crippen molar-refractivity contribution in [1.29, 1.82) is 0 Å². The lowest BCUT2D eigenvalue weighted by atomic mass is 10.2. The Labute approximate surface area is 113 Å². The van der Waals surface area contributed by atoms with Crippen molar-refractivity contribution in [3.63, 3.8) is 0 Å². The van der Waals surface area contributed by atoms with Gasteiger partial charge in [-0.25, -0.2) is 0 Å². The van der Waals surface area contributed by atoms with Crippen LogP contribution in [0.25, 0.3) is 0 Å². The molecule has 7 heteroatoms. The number of hydrogen-bond donors (Lipinski definition) is 2. The molecule has 1 aromatic rings. The molecule has 102 valence electrons. The van der Waals surface area contributed by atoms with Gasteiger partial charge < -0.3 is 5.11 Å². The van der Waals surface area contributed by atoms with Crippen LogP contribution in [-0.4, -0.2) is 38.0 Å². The highest BCUT2D eigenvalue weighted by atomic mass is 35.5. The largest absolute Gasteiger partial charge is 0.396 e. The van der Waals surface area contributed by atoms with Crippen LogP contribution in [0.4, 0.5) is 5.69 Å². The maximum Gasteiger partial charge on any atom is 0.301 e. The fraction of sp³-hybridized carbons (Fsp3) is 0.455. The van der Waals surface area contributed by atoms with E-state index >= 15 is 0 Å². The van der Waals surface area contributed by atoms with Crippen LogP contribution in [0.1, 0.15) is 12.0 Å². The summed E-state index contributed by atoms with van der Waals surface area (Å²) in [4.78, 5) is 0. The summed E-state index contributed by atoms with van der Waals surface area (Å²) in [7, 11) is -2.19. The summed E-state index contributed by atoms with van der Waals surface area (Å²) < 4.78 is 27.4. The Balaban J connectivity index is 2.82. The molecule has 0 saturated carbocycles. The van der Waals surface area contributed by atoms with Crippen LogP contribution in [0.3, 0.4) is 0 Å². The zero-order valence-electron chi connectivity index (χ0n) is 10.4. The smallest absolute Gasteiger partial charge is 0.301 e. The molecule has 0 aromatic heterocycles.